The van der Waals surface area contributed by atoms with Crippen molar-refractivity contribution in [2.75, 3.05) is 13.1 Å². The van der Waals surface area contributed by atoms with Gasteiger partial charge in [-0.3, -0.25) is 14.5 Å². The standard InChI is InChI=1S/C17H23N5O2/c1-13-3-4-16(23)22(19-13)10-14-5-7-21(8-6-14)11-15-9-17(24)20(2)12-18-15/h3-4,9,12,14H,5-8,10-11H2,1-2H3. The van der Waals surface area contributed by atoms with E-state index in [1.165, 1.54) is 4.57 Å². The molecule has 0 spiro atoms. The fourth-order valence-electron chi connectivity index (χ4n) is 3.07. The van der Waals surface area contributed by atoms with E-state index in [4.69, 9.17) is 0 Å². The zero-order valence-corrected chi connectivity index (χ0v) is 14.2. The first-order chi connectivity index (χ1) is 11.5. The molecule has 0 saturated carbocycles. The number of hydrogen-bond acceptors (Lipinski definition) is 5. The van der Waals surface area contributed by atoms with E-state index in [1.807, 2.05) is 6.92 Å². The Labute approximate surface area is 140 Å². The molecule has 0 unspecified atom stereocenters. The predicted molar refractivity (Wildman–Crippen MR) is 90.7 cm³/mol. The van der Waals surface area contributed by atoms with Crippen molar-refractivity contribution >= 4 is 0 Å². The molecule has 2 aromatic rings. The van der Waals surface area contributed by atoms with E-state index in [1.54, 1.807) is 36.3 Å². The average molecular weight is 329 g/mol. The van der Waals surface area contributed by atoms with Gasteiger partial charge in [0.15, 0.2) is 0 Å². The summed E-state index contributed by atoms with van der Waals surface area (Å²) in [6, 6.07) is 4.93. The van der Waals surface area contributed by atoms with Crippen LogP contribution in [0, 0.1) is 12.8 Å². The summed E-state index contributed by atoms with van der Waals surface area (Å²) < 4.78 is 3.06. The van der Waals surface area contributed by atoms with Crippen molar-refractivity contribution in [2.45, 2.75) is 32.9 Å². The Kier molecular flexibility index (Phi) is 4.89. The number of rotatable bonds is 4. The molecule has 7 nitrogen and oxygen atoms in total. The summed E-state index contributed by atoms with van der Waals surface area (Å²) in [5.41, 5.74) is 1.61. The summed E-state index contributed by atoms with van der Waals surface area (Å²) >= 11 is 0. The van der Waals surface area contributed by atoms with Gasteiger partial charge in [-0.15, -0.1) is 0 Å². The number of likely N-dealkylation sites (tertiary alicyclic amines) is 1. The van der Waals surface area contributed by atoms with Gasteiger partial charge in [-0.05, 0) is 44.8 Å². The number of hydrogen-bond donors (Lipinski definition) is 0. The van der Waals surface area contributed by atoms with Crippen LogP contribution in [0.1, 0.15) is 24.2 Å². The predicted octanol–water partition coefficient (Wildman–Crippen LogP) is 0.558. The molecule has 0 N–H and O–H groups in total. The maximum Gasteiger partial charge on any atom is 0.266 e. The molecular formula is C17H23N5O2. The molecule has 0 atom stereocenters. The fourth-order valence-corrected chi connectivity index (χ4v) is 3.07. The normalized spacial score (nSPS) is 16.4. The van der Waals surface area contributed by atoms with Crippen LogP contribution in [0.3, 0.4) is 0 Å². The van der Waals surface area contributed by atoms with Gasteiger partial charge in [-0.1, -0.05) is 0 Å². The van der Waals surface area contributed by atoms with Crippen LogP contribution in [-0.4, -0.2) is 37.3 Å². The first kappa shape index (κ1) is 16.6. The lowest BCUT2D eigenvalue weighted by atomic mass is 9.96. The summed E-state index contributed by atoms with van der Waals surface area (Å²) in [5, 5.41) is 4.32. The van der Waals surface area contributed by atoms with E-state index in [2.05, 4.69) is 15.0 Å². The minimum absolute atomic E-state index is 0.0280. The van der Waals surface area contributed by atoms with E-state index in [0.717, 1.165) is 37.3 Å². The summed E-state index contributed by atoms with van der Waals surface area (Å²) in [7, 11) is 1.70. The lowest BCUT2D eigenvalue weighted by Gasteiger charge is -2.31. The molecular weight excluding hydrogens is 306 g/mol. The molecule has 3 rings (SSSR count). The minimum atomic E-state index is -0.0349. The Morgan fingerprint density at radius 2 is 1.92 bits per heavy atom. The fraction of sp³-hybridized carbons (Fsp3) is 0.529. The summed E-state index contributed by atoms with van der Waals surface area (Å²) in [5.74, 6) is 0.463. The van der Waals surface area contributed by atoms with Crippen LogP contribution in [-0.2, 0) is 20.1 Å². The van der Waals surface area contributed by atoms with Crippen LogP contribution >= 0.6 is 0 Å². The van der Waals surface area contributed by atoms with Crippen LogP contribution in [0.2, 0.25) is 0 Å². The zero-order chi connectivity index (χ0) is 17.1. The molecule has 24 heavy (non-hydrogen) atoms. The first-order valence-electron chi connectivity index (χ1n) is 8.30. The van der Waals surface area contributed by atoms with Crippen molar-refractivity contribution in [3.8, 4) is 0 Å². The Balaban J connectivity index is 1.55. The van der Waals surface area contributed by atoms with Crippen LogP contribution in [0.25, 0.3) is 0 Å². The Bertz CT molecular complexity index is 818. The van der Waals surface area contributed by atoms with Gasteiger partial charge >= 0.3 is 0 Å². The first-order valence-corrected chi connectivity index (χ1v) is 8.30. The highest BCUT2D eigenvalue weighted by Crippen LogP contribution is 2.19. The van der Waals surface area contributed by atoms with Gasteiger partial charge in [-0.2, -0.15) is 5.10 Å². The van der Waals surface area contributed by atoms with E-state index in [0.29, 0.717) is 19.0 Å². The molecule has 128 valence electrons. The molecule has 0 aliphatic carbocycles. The van der Waals surface area contributed by atoms with Crippen LogP contribution in [0.4, 0.5) is 0 Å². The highest BCUT2D eigenvalue weighted by Gasteiger charge is 2.20. The number of aromatic nitrogens is 4. The molecule has 1 saturated heterocycles. The molecule has 3 heterocycles. The maximum atomic E-state index is 11.9. The topological polar surface area (TPSA) is 73.0 Å². The molecule has 2 aromatic heterocycles. The van der Waals surface area contributed by atoms with Gasteiger partial charge in [0, 0.05) is 32.3 Å². The summed E-state index contributed by atoms with van der Waals surface area (Å²) in [6.07, 6.45) is 3.61. The molecule has 1 fully saturated rings. The lowest BCUT2D eigenvalue weighted by Crippen LogP contribution is -2.37. The smallest absolute Gasteiger partial charge is 0.266 e. The largest absolute Gasteiger partial charge is 0.302 e. The van der Waals surface area contributed by atoms with Crippen LogP contribution in [0.15, 0.2) is 34.1 Å². The highest BCUT2D eigenvalue weighted by atomic mass is 16.1. The van der Waals surface area contributed by atoms with Crippen molar-refractivity contribution < 1.29 is 0 Å². The average Bonchev–Trinajstić information content (AvgIpc) is 2.56. The second-order valence-electron chi connectivity index (χ2n) is 6.54. The third-order valence-corrected chi connectivity index (χ3v) is 4.56. The molecule has 0 aromatic carbocycles. The van der Waals surface area contributed by atoms with Gasteiger partial charge in [0.05, 0.1) is 17.7 Å². The molecule has 1 aliphatic heterocycles. The van der Waals surface area contributed by atoms with E-state index >= 15 is 0 Å². The van der Waals surface area contributed by atoms with Gasteiger partial charge in [-0.25, -0.2) is 9.67 Å². The molecule has 0 radical (unpaired) electrons. The second kappa shape index (κ2) is 7.09. The monoisotopic (exact) mass is 329 g/mol. The molecule has 1 aliphatic rings. The van der Waals surface area contributed by atoms with Gasteiger partial charge in [0.2, 0.25) is 0 Å². The van der Waals surface area contributed by atoms with E-state index in [9.17, 15) is 9.59 Å². The van der Waals surface area contributed by atoms with Crippen molar-refractivity contribution in [1.29, 1.82) is 0 Å². The van der Waals surface area contributed by atoms with Crippen LogP contribution < -0.4 is 11.1 Å². The van der Waals surface area contributed by atoms with Gasteiger partial charge < -0.3 is 4.57 Å². The third-order valence-electron chi connectivity index (χ3n) is 4.56. The SMILES string of the molecule is Cc1ccc(=O)n(CC2CCN(Cc3cc(=O)n(C)cn3)CC2)n1. The zero-order valence-electron chi connectivity index (χ0n) is 14.2. The number of nitrogens with zero attached hydrogens (tertiary/aromatic N) is 5. The van der Waals surface area contributed by atoms with Crippen molar-refractivity contribution in [1.82, 2.24) is 24.2 Å². The summed E-state index contributed by atoms with van der Waals surface area (Å²) in [6.45, 7) is 5.17. The van der Waals surface area contributed by atoms with Crippen molar-refractivity contribution in [3.05, 3.63) is 56.6 Å². The van der Waals surface area contributed by atoms with E-state index in [-0.39, 0.29) is 11.1 Å². The van der Waals surface area contributed by atoms with Crippen LogP contribution in [0.5, 0.6) is 0 Å². The molecule has 0 bridgehead atoms. The summed E-state index contributed by atoms with van der Waals surface area (Å²) in [4.78, 5) is 30.1. The highest BCUT2D eigenvalue weighted by molar-refractivity contribution is 5.00. The van der Waals surface area contributed by atoms with Crippen molar-refractivity contribution in [3.63, 3.8) is 0 Å². The number of aryl methyl sites for hydroxylation is 2. The second-order valence-corrected chi connectivity index (χ2v) is 6.54. The maximum absolute atomic E-state index is 11.9. The van der Waals surface area contributed by atoms with Gasteiger partial charge in [0.25, 0.3) is 11.1 Å². The Morgan fingerprint density at radius 1 is 1.17 bits per heavy atom. The Morgan fingerprint density at radius 3 is 2.62 bits per heavy atom. The minimum Gasteiger partial charge on any atom is -0.302 e. The van der Waals surface area contributed by atoms with Gasteiger partial charge in [0.1, 0.15) is 0 Å². The lowest BCUT2D eigenvalue weighted by molar-refractivity contribution is 0.161. The molecule has 7 heteroatoms. The molecule has 0 amide bonds. The quantitative estimate of drug-likeness (QED) is 0.819. The third kappa shape index (κ3) is 3.97. The Hall–Kier alpha value is -2.28. The van der Waals surface area contributed by atoms with E-state index < -0.39 is 0 Å². The number of piperidine rings is 1. The van der Waals surface area contributed by atoms with Crippen molar-refractivity contribution in [2.24, 2.45) is 13.0 Å².